The summed E-state index contributed by atoms with van der Waals surface area (Å²) >= 11 is 17.8. The van der Waals surface area contributed by atoms with E-state index in [0.29, 0.717) is 0 Å². The number of carbonyl (C=O) groups is 2. The van der Waals surface area contributed by atoms with Crippen molar-refractivity contribution in [3.05, 3.63) is 59.7 Å². The Morgan fingerprint density at radius 3 is 1.26 bits per heavy atom. The highest BCUT2D eigenvalue weighted by Crippen LogP contribution is 2.44. The Kier molecular flexibility index (Phi) is 10.4. The van der Waals surface area contributed by atoms with Crippen LogP contribution < -0.4 is 10.6 Å². The fourth-order valence-electron chi connectivity index (χ4n) is 2.43. The summed E-state index contributed by atoms with van der Waals surface area (Å²) in [7, 11) is -7.72. The van der Waals surface area contributed by atoms with Crippen molar-refractivity contribution in [2.75, 3.05) is 13.1 Å². The number of halogens is 6. The molecule has 2 amide bonds. The first kappa shape index (κ1) is 30.4. The Balaban J connectivity index is 2.00. The van der Waals surface area contributed by atoms with Gasteiger partial charge in [-0.3, -0.25) is 9.59 Å². The van der Waals surface area contributed by atoms with Crippen molar-refractivity contribution in [1.82, 2.24) is 10.6 Å². The Morgan fingerprint density at radius 1 is 0.647 bits per heavy atom. The highest BCUT2D eigenvalue weighted by atomic mass is 80.0. The SMILES string of the molecule is O=C(NCCNC(=O)c1cccc(S(=O)(=O)C(Br)(Br)Br)c1)c1cccc(S(=O)(=O)C(Br)(Br)Br)c1. The van der Waals surface area contributed by atoms with Crippen LogP contribution >= 0.6 is 95.6 Å². The fourth-order valence-corrected chi connectivity index (χ4v) is 7.41. The van der Waals surface area contributed by atoms with Crippen molar-refractivity contribution in [3.63, 3.8) is 0 Å². The van der Waals surface area contributed by atoms with Crippen molar-refractivity contribution in [2.24, 2.45) is 0 Å². The predicted octanol–water partition coefficient (Wildman–Crippen LogP) is 4.99. The predicted molar refractivity (Wildman–Crippen MR) is 151 cm³/mol. The molecule has 0 atom stereocenters. The summed E-state index contributed by atoms with van der Waals surface area (Å²) in [4.78, 5) is 24.6. The first-order chi connectivity index (χ1) is 15.5. The molecule has 0 aliphatic rings. The standard InChI is InChI=1S/C18H14Br6N2O6S2/c19-17(20,21)33(29,30)13-5-1-3-11(9-13)15(27)25-7-8-26-16(28)12-4-2-6-14(10-12)34(31,32)18(22,23)24/h1-6,9-10H,7-8H2,(H,25,27)(H,26,28). The molecule has 2 N–H and O–H groups in total. The van der Waals surface area contributed by atoms with Crippen LogP contribution in [-0.4, -0.2) is 44.7 Å². The molecule has 0 saturated heterocycles. The molecular formula is C18H14Br6N2O6S2. The lowest BCUT2D eigenvalue weighted by Crippen LogP contribution is -2.34. The van der Waals surface area contributed by atoms with Crippen LogP contribution in [0.25, 0.3) is 0 Å². The minimum Gasteiger partial charge on any atom is -0.350 e. The molecule has 0 unspecified atom stereocenters. The zero-order valence-electron chi connectivity index (χ0n) is 16.6. The zero-order chi connectivity index (χ0) is 25.9. The van der Waals surface area contributed by atoms with Gasteiger partial charge in [0, 0.05) is 24.2 Å². The molecule has 0 aliphatic carbocycles. The molecule has 0 heterocycles. The zero-order valence-corrected chi connectivity index (χ0v) is 27.7. The molecule has 0 fully saturated rings. The lowest BCUT2D eigenvalue weighted by Gasteiger charge is -2.15. The molecule has 2 aromatic rings. The molecule has 16 heteroatoms. The van der Waals surface area contributed by atoms with E-state index in [2.05, 4.69) is 106 Å². The van der Waals surface area contributed by atoms with Crippen molar-refractivity contribution < 1.29 is 26.4 Å². The number of sulfone groups is 2. The van der Waals surface area contributed by atoms with E-state index in [1.165, 1.54) is 48.5 Å². The molecule has 0 spiro atoms. The Morgan fingerprint density at radius 2 is 0.971 bits per heavy atom. The van der Waals surface area contributed by atoms with Gasteiger partial charge in [-0.05, 0) is 132 Å². The molecule has 0 saturated carbocycles. The molecule has 0 aromatic heterocycles. The van der Waals surface area contributed by atoms with Crippen LogP contribution in [-0.2, 0) is 19.7 Å². The molecule has 2 aromatic carbocycles. The molecule has 0 aliphatic heterocycles. The third kappa shape index (κ3) is 7.35. The molecule has 0 bridgehead atoms. The number of hydrogen-bond donors (Lipinski definition) is 2. The van der Waals surface area contributed by atoms with Gasteiger partial charge in [-0.25, -0.2) is 16.8 Å². The van der Waals surface area contributed by atoms with Crippen LogP contribution in [0.2, 0.25) is 0 Å². The van der Waals surface area contributed by atoms with Gasteiger partial charge >= 0.3 is 0 Å². The lowest BCUT2D eigenvalue weighted by molar-refractivity contribution is 0.0927. The third-order valence-electron chi connectivity index (χ3n) is 4.12. The van der Waals surface area contributed by atoms with Crippen LogP contribution in [0.1, 0.15) is 20.7 Å². The van der Waals surface area contributed by atoms with Gasteiger partial charge in [0.2, 0.25) is 22.6 Å². The van der Waals surface area contributed by atoms with E-state index >= 15 is 0 Å². The van der Waals surface area contributed by atoms with E-state index in [0.717, 1.165) is 0 Å². The van der Waals surface area contributed by atoms with Gasteiger partial charge in [0.1, 0.15) is 0 Å². The summed E-state index contributed by atoms with van der Waals surface area (Å²) in [6.07, 6.45) is 0. The normalized spacial score (nSPS) is 12.8. The number of nitrogens with one attached hydrogen (secondary N) is 2. The van der Waals surface area contributed by atoms with E-state index in [1.54, 1.807) is 0 Å². The van der Waals surface area contributed by atoms with Crippen LogP contribution in [0, 0.1) is 0 Å². The van der Waals surface area contributed by atoms with Gasteiger partial charge in [0.25, 0.3) is 11.8 Å². The average molecular weight is 898 g/mol. The van der Waals surface area contributed by atoms with Gasteiger partial charge in [-0.15, -0.1) is 0 Å². The maximum atomic E-state index is 12.5. The van der Waals surface area contributed by atoms with Crippen LogP contribution in [0.3, 0.4) is 0 Å². The van der Waals surface area contributed by atoms with Crippen molar-refractivity contribution >= 4 is 127 Å². The Labute approximate surface area is 247 Å². The summed E-state index contributed by atoms with van der Waals surface area (Å²) in [6, 6.07) is 10.9. The van der Waals surface area contributed by atoms with Gasteiger partial charge in [0.05, 0.1) is 9.79 Å². The van der Waals surface area contributed by atoms with Gasteiger partial charge < -0.3 is 10.6 Å². The van der Waals surface area contributed by atoms with E-state index < -0.39 is 34.4 Å². The number of rotatable bonds is 7. The molecule has 2 rings (SSSR count). The van der Waals surface area contributed by atoms with Crippen LogP contribution in [0.15, 0.2) is 58.3 Å². The summed E-state index contributed by atoms with van der Waals surface area (Å²) in [6.45, 7) is 0.0955. The summed E-state index contributed by atoms with van der Waals surface area (Å²) in [5.74, 6) is -1.07. The van der Waals surface area contributed by atoms with Crippen molar-refractivity contribution in [2.45, 2.75) is 12.7 Å². The van der Waals surface area contributed by atoms with Gasteiger partial charge in [-0.1, -0.05) is 12.1 Å². The number of hydrogen-bond acceptors (Lipinski definition) is 6. The second kappa shape index (κ2) is 11.7. The van der Waals surface area contributed by atoms with Gasteiger partial charge in [0.15, 0.2) is 0 Å². The summed E-state index contributed by atoms with van der Waals surface area (Å²) in [5, 5.41) is 5.16. The highest BCUT2D eigenvalue weighted by molar-refractivity contribution is 9.42. The monoisotopic (exact) mass is 892 g/mol. The molecule has 0 radical (unpaired) electrons. The third-order valence-corrected chi connectivity index (χ3v) is 14.8. The lowest BCUT2D eigenvalue weighted by atomic mass is 10.2. The number of carbonyl (C=O) groups excluding carboxylic acids is 2. The summed E-state index contributed by atoms with van der Waals surface area (Å²) < 4.78 is 46.7. The smallest absolute Gasteiger partial charge is 0.251 e. The quantitative estimate of drug-likeness (QED) is 0.299. The second-order valence-electron chi connectivity index (χ2n) is 6.47. The number of amides is 2. The van der Waals surface area contributed by atoms with E-state index in [4.69, 9.17) is 0 Å². The molecular weight excluding hydrogens is 884 g/mol. The molecule has 8 nitrogen and oxygen atoms in total. The van der Waals surface area contributed by atoms with Crippen molar-refractivity contribution in [3.8, 4) is 0 Å². The summed E-state index contributed by atoms with van der Waals surface area (Å²) in [5.41, 5.74) is 0.231. The van der Waals surface area contributed by atoms with Gasteiger partial charge in [-0.2, -0.15) is 0 Å². The maximum absolute atomic E-state index is 12.5. The first-order valence-corrected chi connectivity index (χ1v) is 16.6. The fraction of sp³-hybridized carbons (Fsp3) is 0.222. The topological polar surface area (TPSA) is 126 Å². The average Bonchev–Trinajstić information content (AvgIpc) is 2.75. The largest absolute Gasteiger partial charge is 0.350 e. The van der Waals surface area contributed by atoms with Crippen molar-refractivity contribution in [1.29, 1.82) is 0 Å². The Bertz CT molecular complexity index is 1200. The van der Waals surface area contributed by atoms with E-state index in [1.807, 2.05) is 0 Å². The van der Waals surface area contributed by atoms with E-state index in [9.17, 15) is 26.4 Å². The van der Waals surface area contributed by atoms with Crippen LogP contribution in [0.4, 0.5) is 0 Å². The van der Waals surface area contributed by atoms with Crippen LogP contribution in [0.5, 0.6) is 0 Å². The first-order valence-electron chi connectivity index (χ1n) is 8.88. The minimum absolute atomic E-state index is 0.0477. The highest BCUT2D eigenvalue weighted by Gasteiger charge is 2.38. The number of alkyl halides is 6. The molecule has 34 heavy (non-hydrogen) atoms. The number of benzene rings is 2. The minimum atomic E-state index is -3.86. The maximum Gasteiger partial charge on any atom is 0.251 e. The second-order valence-corrected chi connectivity index (χ2v) is 27.3. The van der Waals surface area contributed by atoms with E-state index in [-0.39, 0.29) is 34.0 Å². The Hall–Kier alpha value is 0.160. The molecule has 186 valence electrons.